The number of thiol groups is 1. The Morgan fingerprint density at radius 2 is 1.00 bits per heavy atom. The quantitative estimate of drug-likeness (QED) is 0.00525. The van der Waals surface area contributed by atoms with Crippen LogP contribution < -0.4 is 18.9 Å². The first-order valence-corrected chi connectivity index (χ1v) is 36.9. The van der Waals surface area contributed by atoms with E-state index < -0.39 is 71.4 Å². The van der Waals surface area contributed by atoms with E-state index in [0.29, 0.717) is 13.0 Å². The summed E-state index contributed by atoms with van der Waals surface area (Å²) in [5.41, 5.74) is 29.9. The van der Waals surface area contributed by atoms with Gasteiger partial charge >= 0.3 is 34.9 Å². The van der Waals surface area contributed by atoms with Crippen molar-refractivity contribution in [3.8, 4) is 0 Å². The zero-order chi connectivity index (χ0) is 72.0. The van der Waals surface area contributed by atoms with Gasteiger partial charge in [0.25, 0.3) is 11.8 Å². The normalized spacial score (nSPS) is 11.5. The molecule has 95 heavy (non-hydrogen) atoms. The number of carbonyl (C=O) groups is 4. The van der Waals surface area contributed by atoms with Crippen molar-refractivity contribution in [1.29, 1.82) is 0 Å². The fourth-order valence-corrected chi connectivity index (χ4v) is 10.0. The van der Waals surface area contributed by atoms with Crippen molar-refractivity contribution in [2.75, 3.05) is 24.3 Å². The Balaban J connectivity index is -0.000000523. The van der Waals surface area contributed by atoms with Crippen molar-refractivity contribution < 1.29 is 78.0 Å². The molecule has 518 valence electrons. The van der Waals surface area contributed by atoms with Gasteiger partial charge < -0.3 is 21.6 Å². The zero-order valence-corrected chi connectivity index (χ0v) is 61.3. The minimum atomic E-state index is -3.94. The van der Waals surface area contributed by atoms with Crippen molar-refractivity contribution in [2.24, 2.45) is 15.3 Å². The molecular weight excluding hydrogens is 1310 g/mol. The van der Waals surface area contributed by atoms with E-state index in [2.05, 4.69) is 144 Å². The van der Waals surface area contributed by atoms with Gasteiger partial charge in [0.05, 0.1) is 21.3 Å². The second-order valence-electron chi connectivity index (χ2n) is 20.4. The smallest absolute Gasteiger partial charge is 0.422 e. The van der Waals surface area contributed by atoms with E-state index in [0.717, 1.165) is 53.6 Å². The molecule has 6 rings (SSSR count). The van der Waals surface area contributed by atoms with Gasteiger partial charge in [0.1, 0.15) is 17.4 Å². The zero-order valence-electron chi connectivity index (χ0n) is 57.1. The Morgan fingerprint density at radius 1 is 0.621 bits per heavy atom. The van der Waals surface area contributed by atoms with Crippen molar-refractivity contribution in [3.05, 3.63) is 194 Å². The third kappa shape index (κ3) is 50.2. The van der Waals surface area contributed by atoms with Gasteiger partial charge in [0.15, 0.2) is 32.2 Å². The molecular formula is C66H96LiN10O13S5+. The predicted octanol–water partition coefficient (Wildman–Crippen LogP) is 14.7. The standard InChI is InChI=1S/C14H14N4O7S.C9H11N3O3S.C8H9O2S.C8H10S.C7H8S.C6H11N3O.2C5H12.C4H9.Li/c1-9-2-4-10(5-3-9)26(22,23)8-11(16-17-15)24-14(21)25-18-12(19)6-7-13(18)20;1-7-2-4-8(5-3-7)16(14,15)6-9(13)11-12-10;1-7-3-5-8(6-4-7)11(2,9)10;1-7-3-5-8(9-2)6-4-7;1-6-2-4-7(8)5-3-6;7-9-8-5-3-1-2-4-6-10;2*1-3-5-4-2;1-3-4-2;/h2-5,11H,6-8H2,1H3;2-5,9,13H,6H2,1H3;3-6H,2H2,1H3;3-6H,1-2H3;2-5,8H,1H3;6H,1-5H2;2*3-5H2,1-2H3;1,3-4H2,2H3;/q;;+1;;;;;;-1;+1. The molecule has 0 spiro atoms. The van der Waals surface area contributed by atoms with Crippen LogP contribution in [-0.2, 0) is 53.5 Å². The van der Waals surface area contributed by atoms with Gasteiger partial charge in [-0.15, -0.1) is 24.4 Å². The number of amides is 2. The number of thioether (sulfide) groups is 1. The number of carbonyl (C=O) groups excluding carboxylic acids is 4. The number of ether oxygens (including phenoxy) is 1. The summed E-state index contributed by atoms with van der Waals surface area (Å²) in [5, 5.41) is 18.7. The molecule has 1 fully saturated rings. The monoisotopic (exact) mass is 1400 g/mol. The molecule has 5 aromatic rings. The van der Waals surface area contributed by atoms with Crippen LogP contribution in [0.15, 0.2) is 161 Å². The largest absolute Gasteiger partial charge is 1.00 e. The molecule has 0 saturated carbocycles. The number of hydrogen-bond acceptors (Lipinski definition) is 18. The molecule has 1 saturated heterocycles. The number of aryl methyl sites for hydroxylation is 5. The number of hydrogen-bond donors (Lipinski definition) is 2. The molecule has 23 nitrogen and oxygen atoms in total. The van der Waals surface area contributed by atoms with E-state index in [1.54, 1.807) is 67.2 Å². The molecule has 0 bridgehead atoms. The van der Waals surface area contributed by atoms with Crippen molar-refractivity contribution in [3.63, 3.8) is 0 Å². The van der Waals surface area contributed by atoms with Crippen LogP contribution in [0.4, 0.5) is 4.79 Å². The first-order valence-electron chi connectivity index (χ1n) is 30.3. The fraction of sp³-hybridized carbons (Fsp3) is 0.455. The number of aliphatic hydroxyl groups is 1. The van der Waals surface area contributed by atoms with E-state index in [9.17, 15) is 44.4 Å². The maximum atomic E-state index is 12.3. The molecule has 2 unspecified atom stereocenters. The van der Waals surface area contributed by atoms with Gasteiger partial charge in [0.2, 0.25) is 0 Å². The Kier molecular flexibility index (Phi) is 57.0. The van der Waals surface area contributed by atoms with Gasteiger partial charge in [-0.05, 0) is 136 Å². The molecule has 1 aliphatic rings. The summed E-state index contributed by atoms with van der Waals surface area (Å²) < 4.78 is 74.3. The van der Waals surface area contributed by atoms with Gasteiger partial charge in [-0.3, -0.25) is 14.4 Å². The molecule has 1 N–H and O–H groups in total. The first kappa shape index (κ1) is 94.5. The van der Waals surface area contributed by atoms with Crippen LogP contribution in [0, 0.1) is 47.8 Å². The second-order valence-corrected chi connectivity index (χ2v) is 27.6. The molecule has 29 heteroatoms. The molecule has 1 heterocycles. The number of unbranched alkanes of at least 4 members (excludes halogenated alkanes) is 8. The summed E-state index contributed by atoms with van der Waals surface area (Å²) in [7, 11) is -10.8. The summed E-state index contributed by atoms with van der Waals surface area (Å²) in [5.74, 6) is -2.92. The summed E-state index contributed by atoms with van der Waals surface area (Å²) in [6.45, 7) is 24.8. The van der Waals surface area contributed by atoms with E-state index in [1.807, 2.05) is 38.1 Å². The number of aliphatic hydroxyl groups excluding tert-OH is 1. The first-order chi connectivity index (χ1) is 44.4. The Hall–Kier alpha value is -6.91. The topological polar surface area (TPSA) is 359 Å². The van der Waals surface area contributed by atoms with E-state index in [1.165, 1.54) is 85.2 Å². The van der Waals surface area contributed by atoms with Crippen LogP contribution in [0.3, 0.4) is 0 Å². The van der Waals surface area contributed by atoms with Crippen LogP contribution in [0.25, 0.3) is 31.3 Å². The van der Waals surface area contributed by atoms with Crippen LogP contribution in [0.5, 0.6) is 0 Å². The molecule has 0 aromatic heterocycles. The summed E-state index contributed by atoms with van der Waals surface area (Å²) in [6, 6.07) is 35.3. The van der Waals surface area contributed by atoms with Crippen molar-refractivity contribution in [2.45, 2.75) is 196 Å². The van der Waals surface area contributed by atoms with Gasteiger partial charge in [0, 0.05) is 50.3 Å². The number of rotatable bonds is 23. The minimum absolute atomic E-state index is 0. The number of imide groups is 1. The molecule has 0 aliphatic carbocycles. The van der Waals surface area contributed by atoms with E-state index in [4.69, 9.17) is 21.7 Å². The maximum absolute atomic E-state index is 12.3. The average molecular weight is 1400 g/mol. The Labute approximate surface area is 586 Å². The summed E-state index contributed by atoms with van der Waals surface area (Å²) in [4.78, 5) is 58.7. The predicted molar refractivity (Wildman–Crippen MR) is 378 cm³/mol. The average Bonchev–Trinajstić information content (AvgIpc) is 1.19. The number of azide groups is 3. The van der Waals surface area contributed by atoms with Gasteiger partial charge in [-0.25, -0.2) is 21.6 Å². The molecule has 1 aliphatic heterocycles. The van der Waals surface area contributed by atoms with Crippen LogP contribution in [0.2, 0.25) is 0 Å². The Morgan fingerprint density at radius 3 is 1.33 bits per heavy atom. The van der Waals surface area contributed by atoms with Crippen LogP contribution in [-0.4, -0.2) is 96.4 Å². The van der Waals surface area contributed by atoms with Gasteiger partial charge in [-0.1, -0.05) is 190 Å². The maximum Gasteiger partial charge on any atom is 1.00 e. The third-order valence-electron chi connectivity index (χ3n) is 11.8. The number of sulfone groups is 3. The van der Waals surface area contributed by atoms with Crippen molar-refractivity contribution in [1.82, 2.24) is 5.06 Å². The molecule has 2 atom stereocenters. The molecule has 5 aromatic carbocycles. The third-order valence-corrected chi connectivity index (χ3v) is 17.3. The van der Waals surface area contributed by atoms with E-state index in [-0.39, 0.29) is 51.5 Å². The number of aldehydes is 1. The van der Waals surface area contributed by atoms with E-state index >= 15 is 0 Å². The summed E-state index contributed by atoms with van der Waals surface area (Å²) in [6.07, 6.45) is 14.8. The van der Waals surface area contributed by atoms with Crippen LogP contribution in [0.1, 0.15) is 152 Å². The number of hydroxylamine groups is 2. The fourth-order valence-electron chi connectivity index (χ4n) is 6.48. The van der Waals surface area contributed by atoms with Gasteiger partial charge in [-0.2, -0.15) is 14.8 Å². The molecule has 2 amide bonds. The second kappa shape index (κ2) is 57.3. The number of nitrogens with zero attached hydrogens (tertiary/aromatic N) is 10. The Bertz CT molecular complexity index is 3360. The van der Waals surface area contributed by atoms with Crippen molar-refractivity contribution >= 4 is 78.2 Å². The van der Waals surface area contributed by atoms with Crippen LogP contribution >= 0.6 is 24.4 Å². The number of benzene rings is 5. The molecule has 0 radical (unpaired) electrons. The SMILES string of the molecule is CCCCC.CCCCC.CSc1ccc(C)cc1.Cc1ccc(S(=O)(=O)CC(N=[N+]=[N-])OC(=O)ON2C(=O)CCC2=O)cc1.Cc1ccc(S(=O)(=O)CC(O)N=[N+]=[N-])cc1.Cc1ccc(S)cc1.[CH2+]S(=O)(=O)c1ccc(C)cc1.[CH2-]CCC.[Li+].[N-]=[N+]=NCCCCCC=O. The summed E-state index contributed by atoms with van der Waals surface area (Å²) >= 11 is 5.91. The minimum Gasteiger partial charge on any atom is -0.422 e.